The lowest BCUT2D eigenvalue weighted by molar-refractivity contribution is -0.112. The fourth-order valence-electron chi connectivity index (χ4n) is 3.16. The van der Waals surface area contributed by atoms with Crippen LogP contribution in [0.5, 0.6) is 11.5 Å². The maximum atomic E-state index is 12.8. The number of aryl methyl sites for hydroxylation is 2. The lowest BCUT2D eigenvalue weighted by atomic mass is 10.1. The summed E-state index contributed by atoms with van der Waals surface area (Å²) in [5, 5.41) is 12.6. The highest BCUT2D eigenvalue weighted by molar-refractivity contribution is 9.10. The Morgan fingerprint density at radius 3 is 2.47 bits per heavy atom. The van der Waals surface area contributed by atoms with Crippen LogP contribution in [0.1, 0.15) is 23.6 Å². The van der Waals surface area contributed by atoms with Crippen LogP contribution < -0.4 is 14.2 Å². The van der Waals surface area contributed by atoms with Gasteiger partial charge in [0, 0.05) is 0 Å². The van der Waals surface area contributed by atoms with Crippen LogP contribution in [0.25, 0.3) is 6.08 Å². The first-order chi connectivity index (χ1) is 17.1. The smallest absolute Gasteiger partial charge is 0.339 e. The fraction of sp³-hybridized carbons (Fsp3) is 0.154. The van der Waals surface area contributed by atoms with Gasteiger partial charge in [0.2, 0.25) is 0 Å². The Hall–Kier alpha value is -3.32. The number of nitrogens with zero attached hydrogens (tertiary/aromatic N) is 1. The van der Waals surface area contributed by atoms with E-state index in [2.05, 4.69) is 21.2 Å². The maximum absolute atomic E-state index is 12.8. The molecule has 0 saturated heterocycles. The Kier molecular flexibility index (Phi) is 8.79. The van der Waals surface area contributed by atoms with Gasteiger partial charge in [0.25, 0.3) is 5.91 Å². The maximum Gasteiger partial charge on any atom is 0.339 e. The zero-order valence-electron chi connectivity index (χ0n) is 19.6. The molecule has 3 aromatic rings. The van der Waals surface area contributed by atoms with E-state index >= 15 is 0 Å². The first-order valence-electron chi connectivity index (χ1n) is 10.7. The molecule has 0 spiro atoms. The molecule has 10 heteroatoms. The number of amides is 1. The minimum atomic E-state index is -4.14. The van der Waals surface area contributed by atoms with Gasteiger partial charge in [-0.1, -0.05) is 41.4 Å². The van der Waals surface area contributed by atoms with E-state index in [1.54, 1.807) is 44.2 Å². The minimum absolute atomic E-state index is 0.00951. The van der Waals surface area contributed by atoms with Crippen LogP contribution in [-0.2, 0) is 14.9 Å². The molecule has 0 radical (unpaired) electrons. The van der Waals surface area contributed by atoms with Crippen molar-refractivity contribution in [3.8, 4) is 17.6 Å². The second kappa shape index (κ2) is 11.6. The first-order valence-corrected chi connectivity index (χ1v) is 13.3. The predicted octanol–water partition coefficient (Wildman–Crippen LogP) is 6.43. The molecule has 0 aliphatic heterocycles. The van der Waals surface area contributed by atoms with E-state index in [9.17, 15) is 18.5 Å². The third kappa shape index (κ3) is 6.46. The molecule has 0 bridgehead atoms. The van der Waals surface area contributed by atoms with E-state index < -0.39 is 16.0 Å². The van der Waals surface area contributed by atoms with Crippen LogP contribution in [0.4, 0.5) is 5.69 Å². The van der Waals surface area contributed by atoms with Crippen molar-refractivity contribution in [1.82, 2.24) is 0 Å². The first kappa shape index (κ1) is 27.3. The molecule has 7 nitrogen and oxygen atoms in total. The van der Waals surface area contributed by atoms with E-state index in [0.717, 1.165) is 11.1 Å². The van der Waals surface area contributed by atoms with Gasteiger partial charge in [0.1, 0.15) is 16.5 Å². The summed E-state index contributed by atoms with van der Waals surface area (Å²) in [6.07, 6.45) is 1.35. The zero-order chi connectivity index (χ0) is 26.5. The summed E-state index contributed by atoms with van der Waals surface area (Å²) in [5.74, 6) is -0.581. The summed E-state index contributed by atoms with van der Waals surface area (Å²) >= 11 is 9.50. The molecular weight excluding hydrogens is 568 g/mol. The van der Waals surface area contributed by atoms with Crippen molar-refractivity contribution < 1.29 is 22.1 Å². The number of anilines is 1. The number of halogens is 2. The summed E-state index contributed by atoms with van der Waals surface area (Å²) < 4.78 is 36.9. The number of hydrogen-bond donors (Lipinski definition) is 1. The highest BCUT2D eigenvalue weighted by Gasteiger charge is 2.22. The van der Waals surface area contributed by atoms with Crippen LogP contribution >= 0.6 is 27.5 Å². The normalized spacial score (nSPS) is 11.5. The van der Waals surface area contributed by atoms with Crippen LogP contribution in [-0.4, -0.2) is 20.9 Å². The zero-order valence-corrected chi connectivity index (χ0v) is 22.8. The molecule has 186 valence electrons. The number of hydrogen-bond acceptors (Lipinski definition) is 6. The molecule has 1 N–H and O–H groups in total. The summed E-state index contributed by atoms with van der Waals surface area (Å²) in [7, 11) is -4.14. The van der Waals surface area contributed by atoms with Gasteiger partial charge in [-0.3, -0.25) is 4.79 Å². The van der Waals surface area contributed by atoms with Crippen molar-refractivity contribution in [1.29, 1.82) is 5.26 Å². The van der Waals surface area contributed by atoms with Crippen molar-refractivity contribution in [3.63, 3.8) is 0 Å². The molecule has 0 unspecified atom stereocenters. The largest absolute Gasteiger partial charge is 0.490 e. The monoisotopic (exact) mass is 588 g/mol. The summed E-state index contributed by atoms with van der Waals surface area (Å²) in [4.78, 5) is 12.8. The van der Waals surface area contributed by atoms with Gasteiger partial charge in [-0.15, -0.1) is 0 Å². The van der Waals surface area contributed by atoms with E-state index in [1.165, 1.54) is 30.3 Å². The third-order valence-electron chi connectivity index (χ3n) is 4.97. The van der Waals surface area contributed by atoms with Gasteiger partial charge >= 0.3 is 10.1 Å². The Bertz CT molecular complexity index is 1460. The van der Waals surface area contributed by atoms with Crippen LogP contribution in [0.3, 0.4) is 0 Å². The molecule has 3 aromatic carbocycles. The standard InChI is InChI=1S/C26H22BrClN2O5S/c1-4-34-23-14-18(12-19(15-29)26(31)30-24-17(3)6-5-7-22(24)28)13-21(27)25(23)35-36(32,33)20-10-8-16(2)9-11-20/h5-14H,4H2,1-3H3,(H,30,31)/b19-12+. The Labute approximate surface area is 223 Å². The van der Waals surface area contributed by atoms with E-state index in [-0.39, 0.29) is 33.0 Å². The topological polar surface area (TPSA) is 105 Å². The van der Waals surface area contributed by atoms with E-state index in [4.69, 9.17) is 20.5 Å². The van der Waals surface area contributed by atoms with E-state index in [1.807, 2.05) is 13.0 Å². The van der Waals surface area contributed by atoms with Crippen molar-refractivity contribution >= 4 is 55.3 Å². The predicted molar refractivity (Wildman–Crippen MR) is 143 cm³/mol. The Balaban J connectivity index is 1.96. The molecule has 0 atom stereocenters. The Morgan fingerprint density at radius 1 is 1.17 bits per heavy atom. The number of benzene rings is 3. The van der Waals surface area contributed by atoms with Gasteiger partial charge in [0.15, 0.2) is 11.5 Å². The number of ether oxygens (including phenoxy) is 1. The van der Waals surface area contributed by atoms with Gasteiger partial charge < -0.3 is 14.2 Å². The second-order valence-corrected chi connectivity index (χ2v) is 10.5. The molecule has 0 aromatic heterocycles. The quantitative estimate of drug-likeness (QED) is 0.184. The third-order valence-corrected chi connectivity index (χ3v) is 7.11. The summed E-state index contributed by atoms with van der Waals surface area (Å²) in [6, 6.07) is 16.3. The van der Waals surface area contributed by atoms with Gasteiger partial charge in [-0.2, -0.15) is 13.7 Å². The summed E-state index contributed by atoms with van der Waals surface area (Å²) in [5.41, 5.74) is 2.28. The van der Waals surface area contributed by atoms with Crippen LogP contribution in [0.2, 0.25) is 5.02 Å². The number of carbonyl (C=O) groups excluding carboxylic acids is 1. The molecule has 0 fully saturated rings. The molecule has 36 heavy (non-hydrogen) atoms. The lowest BCUT2D eigenvalue weighted by Crippen LogP contribution is -2.14. The number of nitrogens with one attached hydrogen (secondary N) is 1. The van der Waals surface area contributed by atoms with Crippen LogP contribution in [0, 0.1) is 25.2 Å². The average Bonchev–Trinajstić information content (AvgIpc) is 2.82. The molecule has 0 heterocycles. The highest BCUT2D eigenvalue weighted by atomic mass is 79.9. The molecular formula is C26H22BrClN2O5S. The lowest BCUT2D eigenvalue weighted by Gasteiger charge is -2.15. The molecule has 0 aliphatic carbocycles. The van der Waals surface area contributed by atoms with Gasteiger partial charge in [-0.25, -0.2) is 0 Å². The fourth-order valence-corrected chi connectivity index (χ4v) is 5.04. The number of para-hydroxylation sites is 1. The molecule has 3 rings (SSSR count). The number of rotatable bonds is 8. The SMILES string of the molecule is CCOc1cc(/C=C(\C#N)C(=O)Nc2c(C)cccc2Cl)cc(Br)c1OS(=O)(=O)c1ccc(C)cc1. The van der Waals surface area contributed by atoms with E-state index in [0.29, 0.717) is 16.3 Å². The van der Waals surface area contributed by atoms with Crippen LogP contribution in [0.15, 0.2) is 69.5 Å². The average molecular weight is 590 g/mol. The summed E-state index contributed by atoms with van der Waals surface area (Å²) in [6.45, 7) is 5.58. The van der Waals surface area contributed by atoms with Gasteiger partial charge in [0.05, 0.1) is 21.8 Å². The van der Waals surface area contributed by atoms with Crippen molar-refractivity contribution in [2.24, 2.45) is 0 Å². The number of carbonyl (C=O) groups is 1. The van der Waals surface area contributed by atoms with Gasteiger partial charge in [-0.05, 0) is 84.2 Å². The molecule has 0 aliphatic rings. The second-order valence-electron chi connectivity index (χ2n) is 7.67. The van der Waals surface area contributed by atoms with Crippen molar-refractivity contribution in [2.75, 3.05) is 11.9 Å². The number of nitriles is 1. The molecule has 1 amide bonds. The Morgan fingerprint density at radius 2 is 1.86 bits per heavy atom. The highest BCUT2D eigenvalue weighted by Crippen LogP contribution is 2.39. The molecule has 0 saturated carbocycles. The minimum Gasteiger partial charge on any atom is -0.490 e. The van der Waals surface area contributed by atoms with Crippen molar-refractivity contribution in [2.45, 2.75) is 25.7 Å². The van der Waals surface area contributed by atoms with Crippen molar-refractivity contribution in [3.05, 3.63) is 86.4 Å².